The fraction of sp³-hybridized carbons (Fsp3) is 0.556. The van der Waals surface area contributed by atoms with Crippen molar-refractivity contribution in [1.29, 1.82) is 0 Å². The van der Waals surface area contributed by atoms with Crippen LogP contribution in [0, 0.1) is 5.92 Å². The van der Waals surface area contributed by atoms with Gasteiger partial charge < -0.3 is 19.7 Å². The lowest BCUT2D eigenvalue weighted by atomic mass is 9.86. The van der Waals surface area contributed by atoms with Crippen LogP contribution < -0.4 is 10.6 Å². The number of rotatable bonds is 3. The Hall–Kier alpha value is -2.28. The van der Waals surface area contributed by atoms with E-state index in [0.717, 1.165) is 42.7 Å². The molecule has 1 aromatic carbocycles. The van der Waals surface area contributed by atoms with Crippen LogP contribution >= 0.6 is 0 Å². The number of hydrogen-bond acceptors (Lipinski definition) is 4. The van der Waals surface area contributed by atoms with Crippen molar-refractivity contribution >= 4 is 22.7 Å². The summed E-state index contributed by atoms with van der Waals surface area (Å²) in [6.45, 7) is 3.02. The van der Waals surface area contributed by atoms with Crippen LogP contribution in [-0.4, -0.2) is 46.9 Å². The Balaban J connectivity index is 1.68. The molecule has 0 bridgehead atoms. The van der Waals surface area contributed by atoms with Gasteiger partial charge in [-0.1, -0.05) is 6.07 Å². The highest BCUT2D eigenvalue weighted by molar-refractivity contribution is 5.89. The van der Waals surface area contributed by atoms with E-state index in [-0.39, 0.29) is 17.6 Å². The largest absolute Gasteiger partial charge is 0.481 e. The number of fused-ring (bicyclic) bond motifs is 1. The zero-order valence-corrected chi connectivity index (χ0v) is 14.1. The van der Waals surface area contributed by atoms with E-state index in [2.05, 4.69) is 9.88 Å². The molecule has 2 aromatic rings. The number of nitrogens with one attached hydrogen (secondary N) is 1. The van der Waals surface area contributed by atoms with Crippen LogP contribution in [-0.2, 0) is 9.53 Å². The molecule has 0 atom stereocenters. The number of carboxylic acid groups (broad SMARTS) is 1. The first-order valence-electron chi connectivity index (χ1n) is 8.94. The summed E-state index contributed by atoms with van der Waals surface area (Å²) >= 11 is 0. The van der Waals surface area contributed by atoms with Crippen LogP contribution in [0.15, 0.2) is 23.0 Å². The molecule has 2 fully saturated rings. The monoisotopic (exact) mass is 345 g/mol. The predicted octanol–water partition coefficient (Wildman–Crippen LogP) is 1.98. The number of carbonyl (C=O) groups is 1. The number of morpholine rings is 1. The van der Waals surface area contributed by atoms with Crippen molar-refractivity contribution in [2.45, 2.75) is 31.7 Å². The first-order valence-corrected chi connectivity index (χ1v) is 8.94. The van der Waals surface area contributed by atoms with E-state index >= 15 is 0 Å². The maximum absolute atomic E-state index is 12.6. The summed E-state index contributed by atoms with van der Waals surface area (Å²) in [4.78, 5) is 29.1. The number of aromatic nitrogens is 2. The minimum Gasteiger partial charge on any atom is -0.481 e. The number of benzene rings is 1. The van der Waals surface area contributed by atoms with Crippen LogP contribution in [0.2, 0.25) is 0 Å². The number of aromatic amines is 1. The number of anilines is 1. The summed E-state index contributed by atoms with van der Waals surface area (Å²) in [6, 6.07) is 6.06. The van der Waals surface area contributed by atoms with Gasteiger partial charge in [0.15, 0.2) is 0 Å². The molecule has 0 unspecified atom stereocenters. The highest BCUT2D eigenvalue weighted by Gasteiger charge is 2.29. The molecular formula is C18H23N3O4. The molecule has 2 heterocycles. The third-order valence-corrected chi connectivity index (χ3v) is 5.49. The van der Waals surface area contributed by atoms with Crippen LogP contribution in [0.4, 0.5) is 5.69 Å². The van der Waals surface area contributed by atoms with Gasteiger partial charge in [0.05, 0.1) is 35.9 Å². The molecule has 25 heavy (non-hydrogen) atoms. The first kappa shape index (κ1) is 16.2. The lowest BCUT2D eigenvalue weighted by molar-refractivity contribution is -0.143. The van der Waals surface area contributed by atoms with Gasteiger partial charge in [0.2, 0.25) is 0 Å². The predicted molar refractivity (Wildman–Crippen MR) is 94.2 cm³/mol. The Morgan fingerprint density at radius 1 is 1.16 bits per heavy atom. The summed E-state index contributed by atoms with van der Waals surface area (Å²) in [6.07, 6.45) is 2.71. The van der Waals surface area contributed by atoms with E-state index in [0.29, 0.717) is 26.1 Å². The number of nitrogens with zero attached hydrogens (tertiary/aromatic N) is 2. The number of hydrogen-bond donors (Lipinski definition) is 2. The number of carboxylic acids is 1. The van der Waals surface area contributed by atoms with Gasteiger partial charge in [0.1, 0.15) is 0 Å². The third-order valence-electron chi connectivity index (χ3n) is 5.49. The lowest BCUT2D eigenvalue weighted by Gasteiger charge is -2.29. The number of imidazole rings is 1. The smallest absolute Gasteiger partial charge is 0.326 e. The molecule has 7 nitrogen and oxygen atoms in total. The normalized spacial score (nSPS) is 24.6. The van der Waals surface area contributed by atoms with Crippen LogP contribution in [0.25, 0.3) is 11.0 Å². The lowest BCUT2D eigenvalue weighted by Crippen LogP contribution is -2.36. The number of H-pyrrole nitrogens is 1. The van der Waals surface area contributed by atoms with Gasteiger partial charge in [-0.25, -0.2) is 4.79 Å². The molecule has 1 aliphatic heterocycles. The van der Waals surface area contributed by atoms with E-state index in [1.807, 2.05) is 22.8 Å². The highest BCUT2D eigenvalue weighted by atomic mass is 16.5. The molecule has 1 aromatic heterocycles. The molecule has 2 aliphatic rings. The van der Waals surface area contributed by atoms with Crippen molar-refractivity contribution in [3.05, 3.63) is 28.7 Å². The molecule has 4 rings (SSSR count). The molecule has 0 spiro atoms. The van der Waals surface area contributed by atoms with Crippen molar-refractivity contribution < 1.29 is 14.6 Å². The Bertz CT molecular complexity index is 826. The second kappa shape index (κ2) is 6.55. The van der Waals surface area contributed by atoms with Gasteiger partial charge in [-0.3, -0.25) is 9.36 Å². The fourth-order valence-corrected chi connectivity index (χ4v) is 4.14. The molecule has 0 amide bonds. The Kier molecular flexibility index (Phi) is 4.25. The van der Waals surface area contributed by atoms with Gasteiger partial charge in [-0.05, 0) is 37.8 Å². The zero-order valence-electron chi connectivity index (χ0n) is 14.1. The molecule has 1 saturated carbocycles. The van der Waals surface area contributed by atoms with Crippen LogP contribution in [0.5, 0.6) is 0 Å². The topological polar surface area (TPSA) is 87.6 Å². The molecular weight excluding hydrogens is 322 g/mol. The number of ether oxygens (including phenoxy) is 1. The van der Waals surface area contributed by atoms with Gasteiger partial charge in [-0.2, -0.15) is 0 Å². The second-order valence-electron chi connectivity index (χ2n) is 6.91. The molecule has 0 radical (unpaired) electrons. The third kappa shape index (κ3) is 2.93. The van der Waals surface area contributed by atoms with Crippen molar-refractivity contribution in [3.63, 3.8) is 0 Å². The van der Waals surface area contributed by atoms with Gasteiger partial charge in [0.25, 0.3) is 0 Å². The standard InChI is InChI=1S/C18H23N3O4/c22-17(23)12-4-6-13(7-5-12)21-15-3-1-2-14(16(15)19-18(21)24)20-8-10-25-11-9-20/h1-3,12-13H,4-11H2,(H,19,24)(H,22,23)/t12-,13+. The number of para-hydroxylation sites is 1. The van der Waals surface area contributed by atoms with Gasteiger partial charge >= 0.3 is 11.7 Å². The maximum atomic E-state index is 12.6. The van der Waals surface area contributed by atoms with E-state index in [4.69, 9.17) is 4.74 Å². The SMILES string of the molecule is O=c1[nH]c2c(N3CCOCC3)cccc2n1[C@H]1CC[C@@H](C(=O)O)CC1. The molecule has 1 saturated heterocycles. The van der Waals surface area contributed by atoms with Crippen molar-refractivity contribution in [2.24, 2.45) is 5.92 Å². The van der Waals surface area contributed by atoms with E-state index < -0.39 is 5.97 Å². The van der Waals surface area contributed by atoms with Crippen LogP contribution in [0.3, 0.4) is 0 Å². The summed E-state index contributed by atoms with van der Waals surface area (Å²) in [7, 11) is 0. The summed E-state index contributed by atoms with van der Waals surface area (Å²) in [5, 5.41) is 9.17. The number of aliphatic carboxylic acids is 1. The van der Waals surface area contributed by atoms with Gasteiger partial charge in [-0.15, -0.1) is 0 Å². The van der Waals surface area contributed by atoms with Crippen molar-refractivity contribution in [3.8, 4) is 0 Å². The average Bonchev–Trinajstić information content (AvgIpc) is 2.98. The highest BCUT2D eigenvalue weighted by Crippen LogP contribution is 2.34. The minimum atomic E-state index is -0.723. The first-order chi connectivity index (χ1) is 12.1. The second-order valence-corrected chi connectivity index (χ2v) is 6.91. The zero-order chi connectivity index (χ0) is 17.4. The van der Waals surface area contributed by atoms with Crippen molar-refractivity contribution in [1.82, 2.24) is 9.55 Å². The van der Waals surface area contributed by atoms with E-state index in [9.17, 15) is 14.7 Å². The van der Waals surface area contributed by atoms with Crippen LogP contribution in [0.1, 0.15) is 31.7 Å². The summed E-state index contributed by atoms with van der Waals surface area (Å²) in [5.74, 6) is -1.000. The Morgan fingerprint density at radius 2 is 1.88 bits per heavy atom. The molecule has 7 heteroatoms. The van der Waals surface area contributed by atoms with Gasteiger partial charge in [0, 0.05) is 19.1 Å². The maximum Gasteiger partial charge on any atom is 0.326 e. The summed E-state index contributed by atoms with van der Waals surface area (Å²) < 4.78 is 7.25. The Morgan fingerprint density at radius 3 is 2.56 bits per heavy atom. The fourth-order valence-electron chi connectivity index (χ4n) is 4.14. The quantitative estimate of drug-likeness (QED) is 0.888. The Labute approximate surface area is 145 Å². The average molecular weight is 345 g/mol. The van der Waals surface area contributed by atoms with E-state index in [1.54, 1.807) is 0 Å². The molecule has 134 valence electrons. The minimum absolute atomic E-state index is 0.0665. The molecule has 1 aliphatic carbocycles. The summed E-state index contributed by atoms with van der Waals surface area (Å²) in [5.41, 5.74) is 2.72. The van der Waals surface area contributed by atoms with E-state index in [1.165, 1.54) is 0 Å². The molecule has 2 N–H and O–H groups in total. The van der Waals surface area contributed by atoms with Crippen molar-refractivity contribution in [2.75, 3.05) is 31.2 Å².